The molecule has 0 fully saturated rings. The summed E-state index contributed by atoms with van der Waals surface area (Å²) in [5.74, 6) is -1.76. The van der Waals surface area contributed by atoms with Crippen LogP contribution in [-0.2, 0) is 4.74 Å². The third-order valence-corrected chi connectivity index (χ3v) is 4.48. The second-order valence-electron chi connectivity index (χ2n) is 4.29. The number of carbonyl (C=O) groups is 2. The Bertz CT molecular complexity index is 698. The number of carboxylic acids is 1. The molecule has 0 heterocycles. The van der Waals surface area contributed by atoms with Crippen LogP contribution in [-0.4, -0.2) is 23.7 Å². The number of carboxylic acid groups (broad SMARTS) is 1. The quantitative estimate of drug-likeness (QED) is 0.568. The minimum atomic E-state index is -1.15. The number of rotatable bonds is 5. The molecule has 0 aliphatic heterocycles. The molecule has 2 aromatic carbocycles. The van der Waals surface area contributed by atoms with E-state index in [-0.39, 0.29) is 17.7 Å². The highest BCUT2D eigenvalue weighted by Crippen LogP contribution is 2.30. The first-order chi connectivity index (χ1) is 10.5. The minimum absolute atomic E-state index is 0.0473. The fraction of sp³-hybridized carbons (Fsp3) is 0.125. The molecule has 4 nitrogen and oxygen atoms in total. The summed E-state index contributed by atoms with van der Waals surface area (Å²) in [7, 11) is 0. The van der Waals surface area contributed by atoms with Crippen LogP contribution in [0.5, 0.6) is 0 Å². The molecule has 0 atom stereocenters. The molecule has 0 radical (unpaired) electrons. The molecule has 2 rings (SSSR count). The molecule has 0 amide bonds. The van der Waals surface area contributed by atoms with Gasteiger partial charge in [0.15, 0.2) is 0 Å². The Hall–Kier alpha value is -1.54. The van der Waals surface area contributed by atoms with Crippen LogP contribution in [0.2, 0.25) is 0 Å². The molecule has 0 saturated carbocycles. The second kappa shape index (κ2) is 7.64. The van der Waals surface area contributed by atoms with Crippen molar-refractivity contribution in [2.24, 2.45) is 0 Å². The molecular weight excluding hydrogens is 415 g/mol. The average molecular weight is 428 g/mol. The smallest absolute Gasteiger partial charge is 0.338 e. The third kappa shape index (κ3) is 4.23. The van der Waals surface area contributed by atoms with E-state index in [1.165, 1.54) is 23.9 Å². The van der Waals surface area contributed by atoms with E-state index in [2.05, 4.69) is 22.6 Å². The maximum Gasteiger partial charge on any atom is 0.338 e. The van der Waals surface area contributed by atoms with Gasteiger partial charge in [0.05, 0.1) is 17.7 Å². The molecule has 114 valence electrons. The van der Waals surface area contributed by atoms with Crippen LogP contribution in [0, 0.1) is 3.57 Å². The summed E-state index contributed by atoms with van der Waals surface area (Å²) in [6.45, 7) is 1.89. The van der Waals surface area contributed by atoms with E-state index < -0.39 is 11.9 Å². The third-order valence-electron chi connectivity index (χ3n) is 2.77. The van der Waals surface area contributed by atoms with E-state index in [9.17, 15) is 14.7 Å². The lowest BCUT2D eigenvalue weighted by Crippen LogP contribution is -2.11. The Morgan fingerprint density at radius 1 is 1.09 bits per heavy atom. The SMILES string of the molecule is CCOC(=O)c1ccc(Sc2ccc(I)cc2)cc1C(=O)O. The van der Waals surface area contributed by atoms with Gasteiger partial charge in [-0.3, -0.25) is 0 Å². The van der Waals surface area contributed by atoms with Gasteiger partial charge in [0.25, 0.3) is 0 Å². The van der Waals surface area contributed by atoms with E-state index in [1.807, 2.05) is 24.3 Å². The highest BCUT2D eigenvalue weighted by atomic mass is 127. The van der Waals surface area contributed by atoms with Gasteiger partial charge in [-0.15, -0.1) is 0 Å². The second-order valence-corrected chi connectivity index (χ2v) is 6.68. The first kappa shape index (κ1) is 16.8. The van der Waals surface area contributed by atoms with Gasteiger partial charge in [0, 0.05) is 13.4 Å². The van der Waals surface area contributed by atoms with Crippen molar-refractivity contribution >= 4 is 46.3 Å². The van der Waals surface area contributed by atoms with Crippen molar-refractivity contribution in [3.63, 3.8) is 0 Å². The monoisotopic (exact) mass is 428 g/mol. The molecule has 0 saturated heterocycles. The van der Waals surface area contributed by atoms with Crippen molar-refractivity contribution in [1.29, 1.82) is 0 Å². The first-order valence-corrected chi connectivity index (χ1v) is 8.38. The van der Waals surface area contributed by atoms with E-state index in [4.69, 9.17) is 4.74 Å². The maximum atomic E-state index is 11.8. The molecule has 0 bridgehead atoms. The Kier molecular flexibility index (Phi) is 5.84. The van der Waals surface area contributed by atoms with Crippen molar-refractivity contribution in [3.05, 3.63) is 57.2 Å². The van der Waals surface area contributed by atoms with Crippen molar-refractivity contribution < 1.29 is 19.4 Å². The van der Waals surface area contributed by atoms with Gasteiger partial charge in [0.2, 0.25) is 0 Å². The van der Waals surface area contributed by atoms with Gasteiger partial charge in [-0.2, -0.15) is 0 Å². The lowest BCUT2D eigenvalue weighted by molar-refractivity contribution is 0.0514. The van der Waals surface area contributed by atoms with Gasteiger partial charge in [0.1, 0.15) is 0 Å². The van der Waals surface area contributed by atoms with E-state index in [0.717, 1.165) is 13.4 Å². The molecule has 22 heavy (non-hydrogen) atoms. The van der Waals surface area contributed by atoms with Gasteiger partial charge in [-0.1, -0.05) is 11.8 Å². The van der Waals surface area contributed by atoms with Crippen molar-refractivity contribution in [2.45, 2.75) is 16.7 Å². The molecular formula is C16H13IO4S. The van der Waals surface area contributed by atoms with Gasteiger partial charge < -0.3 is 9.84 Å². The topological polar surface area (TPSA) is 63.6 Å². The van der Waals surface area contributed by atoms with Gasteiger partial charge >= 0.3 is 11.9 Å². The number of aromatic carboxylic acids is 1. The zero-order valence-electron chi connectivity index (χ0n) is 11.7. The average Bonchev–Trinajstić information content (AvgIpc) is 2.49. The summed E-state index contributed by atoms with van der Waals surface area (Å²) in [6.07, 6.45) is 0. The van der Waals surface area contributed by atoms with Crippen LogP contribution < -0.4 is 0 Å². The molecule has 1 N–H and O–H groups in total. The van der Waals surface area contributed by atoms with Crippen molar-refractivity contribution in [1.82, 2.24) is 0 Å². The van der Waals surface area contributed by atoms with Crippen LogP contribution in [0.25, 0.3) is 0 Å². The van der Waals surface area contributed by atoms with E-state index >= 15 is 0 Å². The van der Waals surface area contributed by atoms with Gasteiger partial charge in [-0.25, -0.2) is 9.59 Å². The van der Waals surface area contributed by atoms with Crippen LogP contribution in [0.15, 0.2) is 52.3 Å². The molecule has 0 aliphatic carbocycles. The zero-order valence-corrected chi connectivity index (χ0v) is 14.7. The largest absolute Gasteiger partial charge is 0.478 e. The predicted molar refractivity (Wildman–Crippen MR) is 92.6 cm³/mol. The van der Waals surface area contributed by atoms with E-state index in [0.29, 0.717) is 0 Å². The molecule has 0 aliphatic rings. The van der Waals surface area contributed by atoms with Crippen LogP contribution in [0.3, 0.4) is 0 Å². The maximum absolute atomic E-state index is 11.8. The van der Waals surface area contributed by atoms with Crippen molar-refractivity contribution in [2.75, 3.05) is 6.61 Å². The van der Waals surface area contributed by atoms with Gasteiger partial charge in [-0.05, 0) is 72.0 Å². The number of ether oxygens (including phenoxy) is 1. The predicted octanol–water partition coefficient (Wildman–Crippen LogP) is 4.32. The summed E-state index contributed by atoms with van der Waals surface area (Å²) < 4.78 is 6.01. The fourth-order valence-electron chi connectivity index (χ4n) is 1.79. The number of carbonyl (C=O) groups excluding carboxylic acids is 1. The fourth-order valence-corrected chi connectivity index (χ4v) is 3.01. The molecule has 0 spiro atoms. The number of hydrogen-bond acceptors (Lipinski definition) is 4. The van der Waals surface area contributed by atoms with Crippen LogP contribution >= 0.6 is 34.4 Å². The summed E-state index contributed by atoms with van der Waals surface area (Å²) in [5.41, 5.74) is 0.0234. The number of esters is 1. The summed E-state index contributed by atoms with van der Waals surface area (Å²) >= 11 is 3.67. The van der Waals surface area contributed by atoms with Crippen LogP contribution in [0.4, 0.5) is 0 Å². The molecule has 2 aromatic rings. The number of benzene rings is 2. The molecule has 0 aromatic heterocycles. The number of hydrogen-bond donors (Lipinski definition) is 1. The standard InChI is InChI=1S/C16H13IO4S/c1-2-21-16(20)13-8-7-12(9-14(13)15(18)19)22-11-5-3-10(17)4-6-11/h3-9H,2H2,1H3,(H,18,19). The Labute approximate surface area is 146 Å². The highest BCUT2D eigenvalue weighted by Gasteiger charge is 2.18. The number of halogens is 1. The Morgan fingerprint density at radius 3 is 2.32 bits per heavy atom. The highest BCUT2D eigenvalue weighted by molar-refractivity contribution is 14.1. The minimum Gasteiger partial charge on any atom is -0.478 e. The van der Waals surface area contributed by atoms with E-state index in [1.54, 1.807) is 13.0 Å². The van der Waals surface area contributed by atoms with Crippen molar-refractivity contribution in [3.8, 4) is 0 Å². The Balaban J connectivity index is 2.31. The lowest BCUT2D eigenvalue weighted by Gasteiger charge is -2.08. The molecule has 0 unspecified atom stereocenters. The molecule has 6 heteroatoms. The summed E-state index contributed by atoms with van der Waals surface area (Å²) in [5, 5.41) is 9.29. The first-order valence-electron chi connectivity index (χ1n) is 6.49. The van der Waals surface area contributed by atoms with Crippen LogP contribution in [0.1, 0.15) is 27.6 Å². The zero-order chi connectivity index (χ0) is 16.1. The summed E-state index contributed by atoms with van der Waals surface area (Å²) in [6, 6.07) is 12.6. The lowest BCUT2D eigenvalue weighted by atomic mass is 10.1. The summed E-state index contributed by atoms with van der Waals surface area (Å²) in [4.78, 5) is 24.9. The normalized spacial score (nSPS) is 10.3. The Morgan fingerprint density at radius 2 is 1.73 bits per heavy atom.